The maximum Gasteiger partial charge on any atom is 0.187 e. The Morgan fingerprint density at radius 2 is 1.84 bits per heavy atom. The molecule has 0 aliphatic carbocycles. The van der Waals surface area contributed by atoms with Gasteiger partial charge >= 0.3 is 0 Å². The summed E-state index contributed by atoms with van der Waals surface area (Å²) in [4.78, 5) is 16.0. The highest BCUT2D eigenvalue weighted by molar-refractivity contribution is 9.10. The lowest BCUT2D eigenvalue weighted by Crippen LogP contribution is -2.18. The van der Waals surface area contributed by atoms with Crippen LogP contribution in [-0.4, -0.2) is 29.5 Å². The van der Waals surface area contributed by atoms with Crippen molar-refractivity contribution < 1.29 is 22.0 Å². The molecule has 32 heavy (non-hydrogen) atoms. The molecule has 0 unspecified atom stereocenters. The second-order valence-electron chi connectivity index (χ2n) is 7.37. The Bertz CT molecular complexity index is 1420. The van der Waals surface area contributed by atoms with Crippen molar-refractivity contribution in [2.75, 3.05) is 5.75 Å². The predicted octanol–water partition coefficient (Wildman–Crippen LogP) is 4.71. The molecular weight excluding hydrogens is 502 g/mol. The van der Waals surface area contributed by atoms with Gasteiger partial charge in [-0.1, -0.05) is 34.1 Å². The summed E-state index contributed by atoms with van der Waals surface area (Å²) in [5, 5.41) is -0.226. The number of rotatable bonds is 7. The summed E-state index contributed by atoms with van der Waals surface area (Å²) in [6.07, 6.45) is 4.19. The van der Waals surface area contributed by atoms with Crippen LogP contribution < -0.4 is 0 Å². The maximum absolute atomic E-state index is 14.7. The lowest BCUT2D eigenvalue weighted by atomic mass is 10.2. The quantitative estimate of drug-likeness (QED) is 0.355. The van der Waals surface area contributed by atoms with Gasteiger partial charge < -0.3 is 4.57 Å². The van der Waals surface area contributed by atoms with Crippen molar-refractivity contribution in [1.29, 1.82) is 0 Å². The zero-order chi connectivity index (χ0) is 22.9. The van der Waals surface area contributed by atoms with E-state index in [1.165, 1.54) is 17.0 Å². The fraction of sp³-hybridized carbons (Fsp3) is 0.130. The van der Waals surface area contributed by atoms with E-state index in [-0.39, 0.29) is 28.8 Å². The van der Waals surface area contributed by atoms with Crippen LogP contribution >= 0.6 is 15.9 Å². The minimum Gasteiger partial charge on any atom is -0.342 e. The van der Waals surface area contributed by atoms with Crippen LogP contribution in [0.15, 0.2) is 76.5 Å². The highest BCUT2D eigenvalue weighted by Crippen LogP contribution is 2.31. The van der Waals surface area contributed by atoms with Gasteiger partial charge in [0.25, 0.3) is 0 Å². The number of nitrogens with zero attached hydrogens (tertiary/aromatic N) is 2. The number of fused-ring (bicyclic) bond motifs is 1. The SMILES string of the molecule is O=C(Cc1cccnc1)CS(=O)(=O)c1cn(Cc2cccc(Br)c2)c2cc(F)cc(F)c12. The molecule has 9 heteroatoms. The molecular formula is C23H17BrF2N2O3S. The van der Waals surface area contributed by atoms with Crippen LogP contribution in [0.3, 0.4) is 0 Å². The number of hydrogen-bond donors (Lipinski definition) is 0. The maximum atomic E-state index is 14.7. The summed E-state index contributed by atoms with van der Waals surface area (Å²) in [5.41, 5.74) is 1.48. The van der Waals surface area contributed by atoms with Crippen molar-refractivity contribution in [3.8, 4) is 0 Å². The highest BCUT2D eigenvalue weighted by Gasteiger charge is 2.27. The Hall–Kier alpha value is -2.91. The molecule has 0 atom stereocenters. The fourth-order valence-corrected chi connectivity index (χ4v) is 5.50. The normalized spacial score (nSPS) is 11.7. The molecule has 0 fully saturated rings. The predicted molar refractivity (Wildman–Crippen MR) is 120 cm³/mol. The van der Waals surface area contributed by atoms with Crippen LogP contribution in [0.25, 0.3) is 10.9 Å². The summed E-state index contributed by atoms with van der Waals surface area (Å²) < 4.78 is 57.2. The van der Waals surface area contributed by atoms with Crippen molar-refractivity contribution >= 4 is 42.5 Å². The van der Waals surface area contributed by atoms with E-state index >= 15 is 0 Å². The third kappa shape index (κ3) is 4.78. The van der Waals surface area contributed by atoms with E-state index in [9.17, 15) is 22.0 Å². The molecule has 0 aliphatic heterocycles. The number of benzene rings is 2. The number of halogens is 3. The third-order valence-corrected chi connectivity index (χ3v) is 7.09. The molecule has 5 nitrogen and oxygen atoms in total. The minimum absolute atomic E-state index is 0.0979. The van der Waals surface area contributed by atoms with Crippen LogP contribution in [0, 0.1) is 11.6 Å². The molecule has 0 aliphatic rings. The number of pyridine rings is 1. The van der Waals surface area contributed by atoms with Crippen LogP contribution in [-0.2, 0) is 27.6 Å². The third-order valence-electron chi connectivity index (χ3n) is 4.92. The van der Waals surface area contributed by atoms with E-state index in [0.717, 1.165) is 16.1 Å². The van der Waals surface area contributed by atoms with Crippen molar-refractivity contribution in [3.05, 3.63) is 94.4 Å². The van der Waals surface area contributed by atoms with Gasteiger partial charge in [0.15, 0.2) is 15.6 Å². The molecule has 4 rings (SSSR count). The van der Waals surface area contributed by atoms with E-state index in [0.29, 0.717) is 11.6 Å². The van der Waals surface area contributed by atoms with Crippen LogP contribution in [0.1, 0.15) is 11.1 Å². The van der Waals surface area contributed by atoms with E-state index in [1.54, 1.807) is 24.4 Å². The van der Waals surface area contributed by atoms with Gasteiger partial charge in [-0.3, -0.25) is 9.78 Å². The first-order valence-corrected chi connectivity index (χ1v) is 12.0. The summed E-state index contributed by atoms with van der Waals surface area (Å²) in [5.74, 6) is -3.16. The van der Waals surface area contributed by atoms with Gasteiger partial charge in [-0.15, -0.1) is 0 Å². The molecule has 0 saturated carbocycles. The number of Topliss-reactive ketones (excluding diaryl/α,β-unsaturated/α-hetero) is 1. The second-order valence-corrected chi connectivity index (χ2v) is 10.2. The Labute approximate surface area is 191 Å². The Balaban J connectivity index is 1.73. The zero-order valence-corrected chi connectivity index (χ0v) is 19.0. The van der Waals surface area contributed by atoms with Gasteiger partial charge in [-0.25, -0.2) is 17.2 Å². The van der Waals surface area contributed by atoms with Crippen molar-refractivity contribution in [3.63, 3.8) is 0 Å². The van der Waals surface area contributed by atoms with Gasteiger partial charge in [0.1, 0.15) is 17.4 Å². The largest absolute Gasteiger partial charge is 0.342 e. The first kappa shape index (κ1) is 22.3. The summed E-state index contributed by atoms with van der Waals surface area (Å²) in [6.45, 7) is 0.192. The smallest absolute Gasteiger partial charge is 0.187 e. The van der Waals surface area contributed by atoms with Crippen LogP contribution in [0.5, 0.6) is 0 Å². The second kappa shape index (κ2) is 8.91. The van der Waals surface area contributed by atoms with Crippen molar-refractivity contribution in [2.24, 2.45) is 0 Å². The monoisotopic (exact) mass is 518 g/mol. The summed E-state index contributed by atoms with van der Waals surface area (Å²) in [7, 11) is -4.18. The Morgan fingerprint density at radius 3 is 2.56 bits per heavy atom. The van der Waals surface area contributed by atoms with E-state index in [1.807, 2.05) is 18.2 Å². The molecule has 2 aromatic heterocycles. The molecule has 0 amide bonds. The summed E-state index contributed by atoms with van der Waals surface area (Å²) >= 11 is 3.37. The fourth-order valence-electron chi connectivity index (χ4n) is 3.58. The molecule has 0 saturated heterocycles. The highest BCUT2D eigenvalue weighted by atomic mass is 79.9. The van der Waals surface area contributed by atoms with Crippen LogP contribution in [0.2, 0.25) is 0 Å². The topological polar surface area (TPSA) is 69.0 Å². The van der Waals surface area contributed by atoms with Crippen LogP contribution in [0.4, 0.5) is 8.78 Å². The molecule has 0 radical (unpaired) electrons. The van der Waals surface area contributed by atoms with Gasteiger partial charge in [0, 0.05) is 42.1 Å². The average Bonchev–Trinajstić information content (AvgIpc) is 3.08. The number of carbonyl (C=O) groups excluding carboxylic acids is 1. The van der Waals surface area contributed by atoms with Crippen molar-refractivity contribution in [2.45, 2.75) is 17.9 Å². The minimum atomic E-state index is -4.18. The van der Waals surface area contributed by atoms with E-state index < -0.39 is 33.0 Å². The molecule has 164 valence electrons. The zero-order valence-electron chi connectivity index (χ0n) is 16.6. The molecule has 2 aromatic carbocycles. The van der Waals surface area contributed by atoms with Gasteiger partial charge in [0.2, 0.25) is 0 Å². The lowest BCUT2D eigenvalue weighted by Gasteiger charge is -2.06. The lowest BCUT2D eigenvalue weighted by molar-refractivity contribution is -0.116. The molecule has 4 aromatic rings. The molecule has 0 N–H and O–H groups in total. The van der Waals surface area contributed by atoms with E-state index in [4.69, 9.17) is 0 Å². The number of sulfone groups is 1. The molecule has 0 spiro atoms. The van der Waals surface area contributed by atoms with Crippen molar-refractivity contribution in [1.82, 2.24) is 9.55 Å². The van der Waals surface area contributed by atoms with Gasteiger partial charge in [-0.2, -0.15) is 0 Å². The van der Waals surface area contributed by atoms with Gasteiger partial charge in [-0.05, 0) is 35.4 Å². The number of hydrogen-bond acceptors (Lipinski definition) is 4. The van der Waals surface area contributed by atoms with Gasteiger partial charge in [0.05, 0.1) is 15.8 Å². The average molecular weight is 519 g/mol. The standard InChI is InChI=1S/C23H17BrF2N2O3S/c24-17-5-1-3-16(7-17)12-28-13-22(23-20(26)9-18(25)10-21(23)28)32(30,31)14-19(29)8-15-4-2-6-27-11-15/h1-7,9-11,13H,8,12,14H2. The Morgan fingerprint density at radius 1 is 1.06 bits per heavy atom. The Kier molecular flexibility index (Phi) is 6.21. The first-order valence-electron chi connectivity index (χ1n) is 9.58. The number of aromatic nitrogens is 2. The number of ketones is 1. The molecule has 0 bridgehead atoms. The number of carbonyl (C=O) groups is 1. The van der Waals surface area contributed by atoms with E-state index in [2.05, 4.69) is 20.9 Å². The molecule has 2 heterocycles. The first-order chi connectivity index (χ1) is 15.2. The summed E-state index contributed by atoms with van der Waals surface area (Å²) in [6, 6.07) is 12.3.